The van der Waals surface area contributed by atoms with Crippen molar-refractivity contribution in [2.24, 2.45) is 5.73 Å². The van der Waals surface area contributed by atoms with Gasteiger partial charge in [-0.3, -0.25) is 0 Å². The second-order valence-corrected chi connectivity index (χ2v) is 5.35. The van der Waals surface area contributed by atoms with Gasteiger partial charge in [-0.25, -0.2) is 0 Å². The number of halogens is 3. The van der Waals surface area contributed by atoms with E-state index in [1.165, 1.54) is 0 Å². The first kappa shape index (κ1) is 7.40. The van der Waals surface area contributed by atoms with E-state index >= 15 is 0 Å². The predicted octanol–water partition coefficient (Wildman–Crippen LogP) is 1.78. The normalized spacial score (nSPS) is 12.0. The maximum atomic E-state index is 5.32. The fourth-order valence-electron chi connectivity index (χ4n) is 0. The van der Waals surface area contributed by atoms with Crippen LogP contribution in [0.3, 0.4) is 0 Å². The van der Waals surface area contributed by atoms with Crippen LogP contribution in [0.5, 0.6) is 0 Å². The molecule has 6 heavy (non-hydrogen) atoms. The molecule has 0 fully saturated rings. The maximum Gasteiger partial charge on any atom is 0.137 e. The summed E-state index contributed by atoms with van der Waals surface area (Å²) in [6, 6.07) is 0. The lowest BCUT2D eigenvalue weighted by Gasteiger charge is -2.06. The molecule has 0 amide bonds. The Bertz CT molecular complexity index is 38.5. The Morgan fingerprint density at radius 3 is 1.67 bits per heavy atom. The van der Waals surface area contributed by atoms with Gasteiger partial charge in [0.1, 0.15) is 3.36 Å². The molecular formula is C2H4Br3N. The first-order valence-corrected chi connectivity index (χ1v) is 3.99. The van der Waals surface area contributed by atoms with Gasteiger partial charge in [0.15, 0.2) is 0 Å². The second-order valence-electron chi connectivity index (χ2n) is 0.895. The molecule has 38 valence electrons. The minimum Gasteiger partial charge on any atom is -0.307 e. The fourth-order valence-corrected chi connectivity index (χ4v) is 0. The van der Waals surface area contributed by atoms with E-state index in [2.05, 4.69) is 47.8 Å². The smallest absolute Gasteiger partial charge is 0.137 e. The van der Waals surface area contributed by atoms with Crippen molar-refractivity contribution in [2.45, 2.75) is 3.36 Å². The zero-order chi connectivity index (χ0) is 5.21. The van der Waals surface area contributed by atoms with E-state index in [0.717, 1.165) is 0 Å². The SMILES string of the molecule is NC(Br)(Br)CBr. The van der Waals surface area contributed by atoms with Crippen molar-refractivity contribution in [3.8, 4) is 0 Å². The number of hydrogen-bond donors (Lipinski definition) is 1. The summed E-state index contributed by atoms with van der Waals surface area (Å²) in [7, 11) is 0. The molecule has 0 saturated heterocycles. The number of nitrogens with two attached hydrogens (primary N) is 1. The minimum absolute atomic E-state index is 0.417. The van der Waals surface area contributed by atoms with Gasteiger partial charge in [-0.2, -0.15) is 0 Å². The van der Waals surface area contributed by atoms with Crippen LogP contribution < -0.4 is 5.73 Å². The van der Waals surface area contributed by atoms with Gasteiger partial charge in [0.05, 0.1) is 0 Å². The molecular weight excluding hydrogens is 278 g/mol. The van der Waals surface area contributed by atoms with E-state index in [-0.39, 0.29) is 0 Å². The molecule has 0 unspecified atom stereocenters. The van der Waals surface area contributed by atoms with Gasteiger partial charge in [0.2, 0.25) is 0 Å². The summed E-state index contributed by atoms with van der Waals surface area (Å²) in [5, 5.41) is 0.694. The summed E-state index contributed by atoms with van der Waals surface area (Å²) in [6.45, 7) is 0. The lowest BCUT2D eigenvalue weighted by atomic mass is 10.8. The van der Waals surface area contributed by atoms with Crippen LogP contribution in [0.1, 0.15) is 0 Å². The van der Waals surface area contributed by atoms with Crippen molar-refractivity contribution in [3.63, 3.8) is 0 Å². The zero-order valence-corrected chi connectivity index (χ0v) is 7.68. The highest BCUT2D eigenvalue weighted by molar-refractivity contribution is 9.26. The Morgan fingerprint density at radius 1 is 1.50 bits per heavy atom. The molecule has 0 atom stereocenters. The highest BCUT2D eigenvalue weighted by Gasteiger charge is 2.10. The molecule has 0 rings (SSSR count). The number of rotatable bonds is 1. The maximum absolute atomic E-state index is 5.32. The summed E-state index contributed by atoms with van der Waals surface area (Å²) >= 11 is 9.40. The van der Waals surface area contributed by atoms with Gasteiger partial charge in [0.25, 0.3) is 0 Å². The van der Waals surface area contributed by atoms with E-state index in [0.29, 0.717) is 5.33 Å². The monoisotopic (exact) mass is 279 g/mol. The van der Waals surface area contributed by atoms with E-state index in [4.69, 9.17) is 5.73 Å². The fraction of sp³-hybridized carbons (Fsp3) is 1.00. The molecule has 1 nitrogen and oxygen atoms in total. The van der Waals surface area contributed by atoms with Gasteiger partial charge in [-0.05, 0) is 0 Å². The molecule has 0 saturated carbocycles. The van der Waals surface area contributed by atoms with Crippen LogP contribution in [0.4, 0.5) is 0 Å². The average molecular weight is 282 g/mol. The van der Waals surface area contributed by atoms with Crippen LogP contribution in [0, 0.1) is 0 Å². The molecule has 0 aromatic heterocycles. The molecule has 0 aliphatic heterocycles. The van der Waals surface area contributed by atoms with Crippen LogP contribution in [0.25, 0.3) is 0 Å². The summed E-state index contributed by atoms with van der Waals surface area (Å²) < 4.78 is -0.417. The van der Waals surface area contributed by atoms with Crippen molar-refractivity contribution in [3.05, 3.63) is 0 Å². The summed E-state index contributed by atoms with van der Waals surface area (Å²) in [4.78, 5) is 0. The van der Waals surface area contributed by atoms with E-state index < -0.39 is 3.36 Å². The van der Waals surface area contributed by atoms with Crippen LogP contribution in [-0.4, -0.2) is 8.69 Å². The van der Waals surface area contributed by atoms with Crippen molar-refractivity contribution in [1.29, 1.82) is 0 Å². The zero-order valence-electron chi connectivity index (χ0n) is 2.92. The number of hydrogen-bond acceptors (Lipinski definition) is 1. The Kier molecular flexibility index (Phi) is 3.26. The van der Waals surface area contributed by atoms with Crippen molar-refractivity contribution >= 4 is 47.8 Å². The third kappa shape index (κ3) is 5.40. The quantitative estimate of drug-likeness (QED) is 0.575. The summed E-state index contributed by atoms with van der Waals surface area (Å²) in [5.41, 5.74) is 5.32. The molecule has 0 spiro atoms. The average Bonchev–Trinajstić information content (AvgIpc) is 1.35. The molecule has 0 heterocycles. The predicted molar refractivity (Wildman–Crippen MR) is 38.6 cm³/mol. The molecule has 0 aromatic carbocycles. The Hall–Kier alpha value is 1.40. The molecule has 0 bridgehead atoms. The summed E-state index contributed by atoms with van der Waals surface area (Å²) in [6.07, 6.45) is 0. The van der Waals surface area contributed by atoms with Crippen LogP contribution >= 0.6 is 47.8 Å². The topological polar surface area (TPSA) is 26.0 Å². The third-order valence-corrected chi connectivity index (χ3v) is 3.13. The van der Waals surface area contributed by atoms with E-state index in [1.54, 1.807) is 0 Å². The number of alkyl halides is 3. The van der Waals surface area contributed by atoms with Gasteiger partial charge in [-0.1, -0.05) is 47.8 Å². The van der Waals surface area contributed by atoms with Gasteiger partial charge in [0, 0.05) is 5.33 Å². The van der Waals surface area contributed by atoms with E-state index in [1.807, 2.05) is 0 Å². The highest BCUT2D eigenvalue weighted by Crippen LogP contribution is 2.20. The van der Waals surface area contributed by atoms with Gasteiger partial charge in [-0.15, -0.1) is 0 Å². The molecule has 2 N–H and O–H groups in total. The molecule has 0 aromatic rings. The molecule has 4 heteroatoms. The molecule has 0 radical (unpaired) electrons. The Labute approximate surface area is 62.0 Å². The lowest BCUT2D eigenvalue weighted by molar-refractivity contribution is 1.04. The van der Waals surface area contributed by atoms with Crippen LogP contribution in [0.2, 0.25) is 0 Å². The molecule has 0 aliphatic carbocycles. The van der Waals surface area contributed by atoms with Crippen molar-refractivity contribution in [2.75, 3.05) is 5.33 Å². The van der Waals surface area contributed by atoms with E-state index in [9.17, 15) is 0 Å². The van der Waals surface area contributed by atoms with Crippen LogP contribution in [-0.2, 0) is 0 Å². The van der Waals surface area contributed by atoms with Crippen LogP contribution in [0.15, 0.2) is 0 Å². The van der Waals surface area contributed by atoms with Crippen molar-refractivity contribution in [1.82, 2.24) is 0 Å². The van der Waals surface area contributed by atoms with Crippen molar-refractivity contribution < 1.29 is 0 Å². The minimum atomic E-state index is -0.417. The van der Waals surface area contributed by atoms with Gasteiger partial charge >= 0.3 is 0 Å². The highest BCUT2D eigenvalue weighted by atomic mass is 79.9. The van der Waals surface area contributed by atoms with Gasteiger partial charge < -0.3 is 5.73 Å². The molecule has 0 aliphatic rings. The second kappa shape index (κ2) is 2.64. The first-order chi connectivity index (χ1) is 2.56. The standard InChI is InChI=1S/C2H4Br3N/c3-1-2(4,5)6/h1,6H2. The summed E-state index contributed by atoms with van der Waals surface area (Å²) in [5.74, 6) is 0. The largest absolute Gasteiger partial charge is 0.307 e. The Balaban J connectivity index is 3.17. The first-order valence-electron chi connectivity index (χ1n) is 1.29. The third-order valence-electron chi connectivity index (χ3n) is 0.178. The Morgan fingerprint density at radius 2 is 1.67 bits per heavy atom. The lowest BCUT2D eigenvalue weighted by Crippen LogP contribution is -2.25.